The Hall–Kier alpha value is -0.650. The molecule has 2 rings (SSSR count). The summed E-state index contributed by atoms with van der Waals surface area (Å²) in [7, 11) is 0. The van der Waals surface area contributed by atoms with E-state index in [-0.39, 0.29) is 11.9 Å². The summed E-state index contributed by atoms with van der Waals surface area (Å²) in [4.78, 5) is 13.5. The molecule has 2 fully saturated rings. The molecule has 0 aromatic carbocycles. The molecule has 5 nitrogen and oxygen atoms in total. The van der Waals surface area contributed by atoms with Gasteiger partial charge in [0.2, 0.25) is 5.91 Å². The highest BCUT2D eigenvalue weighted by Gasteiger charge is 2.32. The smallest absolute Gasteiger partial charge is 0.236 e. The number of hydrogen-bond donors (Lipinski definition) is 2. The second-order valence-electron chi connectivity index (χ2n) is 4.23. The fraction of sp³-hybridized carbons (Fsp3) is 0.900. The van der Waals surface area contributed by atoms with Gasteiger partial charge in [-0.25, -0.2) is 0 Å². The van der Waals surface area contributed by atoms with Gasteiger partial charge in [0.1, 0.15) is 6.04 Å². The summed E-state index contributed by atoms with van der Waals surface area (Å²) in [6, 6.07) is 0.212. The fourth-order valence-electron chi connectivity index (χ4n) is 2.41. The highest BCUT2D eigenvalue weighted by molar-refractivity contribution is 5.80. The van der Waals surface area contributed by atoms with E-state index in [1.54, 1.807) is 0 Å². The van der Waals surface area contributed by atoms with Crippen molar-refractivity contribution in [2.45, 2.75) is 24.9 Å². The Morgan fingerprint density at radius 1 is 1.53 bits per heavy atom. The van der Waals surface area contributed by atoms with Crippen molar-refractivity contribution in [3.05, 3.63) is 0 Å². The van der Waals surface area contributed by atoms with E-state index in [1.165, 1.54) is 0 Å². The molecule has 0 aromatic heterocycles. The summed E-state index contributed by atoms with van der Waals surface area (Å²) in [5.74, 6) is -0.229. The predicted molar refractivity (Wildman–Crippen MR) is 56.4 cm³/mol. The van der Waals surface area contributed by atoms with Crippen LogP contribution in [0.1, 0.15) is 12.8 Å². The van der Waals surface area contributed by atoms with Gasteiger partial charge in [-0.1, -0.05) is 0 Å². The Morgan fingerprint density at radius 3 is 3.07 bits per heavy atom. The van der Waals surface area contributed by atoms with Gasteiger partial charge in [-0.15, -0.1) is 0 Å². The maximum absolute atomic E-state index is 11.3. The van der Waals surface area contributed by atoms with Gasteiger partial charge in [-0.2, -0.15) is 0 Å². The first-order valence-electron chi connectivity index (χ1n) is 5.62. The van der Waals surface area contributed by atoms with E-state index in [4.69, 9.17) is 10.5 Å². The number of carbonyl (C=O) groups excluding carboxylic acids is 1. The number of primary amides is 1. The summed E-state index contributed by atoms with van der Waals surface area (Å²) in [6.07, 6.45) is 2.20. The number of nitrogens with one attached hydrogen (secondary N) is 1. The van der Waals surface area contributed by atoms with Crippen molar-refractivity contribution in [1.29, 1.82) is 0 Å². The molecule has 5 heteroatoms. The third-order valence-electron chi connectivity index (χ3n) is 3.22. The van der Waals surface area contributed by atoms with E-state index in [2.05, 4.69) is 10.2 Å². The lowest BCUT2D eigenvalue weighted by molar-refractivity contribution is -0.126. The molecule has 0 spiro atoms. The van der Waals surface area contributed by atoms with E-state index in [0.29, 0.717) is 12.6 Å². The van der Waals surface area contributed by atoms with Crippen molar-refractivity contribution in [2.24, 2.45) is 5.73 Å². The van der Waals surface area contributed by atoms with Gasteiger partial charge in [0.15, 0.2) is 0 Å². The molecule has 86 valence electrons. The zero-order valence-corrected chi connectivity index (χ0v) is 8.95. The van der Waals surface area contributed by atoms with E-state index in [1.807, 2.05) is 0 Å². The highest BCUT2D eigenvalue weighted by Crippen LogP contribution is 2.17. The zero-order valence-electron chi connectivity index (χ0n) is 8.95. The predicted octanol–water partition coefficient (Wildman–Crippen LogP) is -1.08. The molecular formula is C10H19N3O2. The van der Waals surface area contributed by atoms with E-state index >= 15 is 0 Å². The Balaban J connectivity index is 1.99. The number of ether oxygens (including phenoxy) is 1. The number of hydrogen-bond acceptors (Lipinski definition) is 4. The monoisotopic (exact) mass is 213 g/mol. The lowest BCUT2D eigenvalue weighted by atomic mass is 10.0. The molecule has 2 heterocycles. The molecule has 0 saturated carbocycles. The number of carbonyl (C=O) groups is 1. The van der Waals surface area contributed by atoms with Crippen LogP contribution in [0.2, 0.25) is 0 Å². The van der Waals surface area contributed by atoms with Gasteiger partial charge in [-0.3, -0.25) is 9.69 Å². The van der Waals surface area contributed by atoms with Crippen LogP contribution in [0.5, 0.6) is 0 Å². The van der Waals surface area contributed by atoms with Crippen LogP contribution < -0.4 is 11.1 Å². The largest absolute Gasteiger partial charge is 0.380 e. The Kier molecular flexibility index (Phi) is 3.56. The molecule has 0 bridgehead atoms. The first kappa shape index (κ1) is 10.9. The molecule has 0 aromatic rings. The molecule has 3 N–H and O–H groups in total. The van der Waals surface area contributed by atoms with Crippen molar-refractivity contribution in [3.8, 4) is 0 Å². The van der Waals surface area contributed by atoms with Crippen LogP contribution in [0.15, 0.2) is 0 Å². The van der Waals surface area contributed by atoms with Crippen molar-refractivity contribution >= 4 is 5.91 Å². The quantitative estimate of drug-likeness (QED) is 0.612. The minimum atomic E-state index is -0.229. The van der Waals surface area contributed by atoms with Crippen LogP contribution in [0, 0.1) is 0 Å². The Morgan fingerprint density at radius 2 is 2.40 bits per heavy atom. The third-order valence-corrected chi connectivity index (χ3v) is 3.22. The van der Waals surface area contributed by atoms with Gasteiger partial charge >= 0.3 is 0 Å². The number of amides is 1. The first-order valence-corrected chi connectivity index (χ1v) is 5.62. The van der Waals surface area contributed by atoms with Crippen molar-refractivity contribution < 1.29 is 9.53 Å². The normalized spacial score (nSPS) is 33.9. The number of piperazine rings is 1. The lowest BCUT2D eigenvalue weighted by Crippen LogP contribution is -2.61. The fourth-order valence-corrected chi connectivity index (χ4v) is 2.41. The summed E-state index contributed by atoms with van der Waals surface area (Å²) >= 11 is 0. The van der Waals surface area contributed by atoms with Crippen LogP contribution in [-0.2, 0) is 9.53 Å². The van der Waals surface area contributed by atoms with E-state index in [0.717, 1.165) is 39.1 Å². The maximum Gasteiger partial charge on any atom is 0.236 e. The van der Waals surface area contributed by atoms with Crippen molar-refractivity contribution in [3.63, 3.8) is 0 Å². The van der Waals surface area contributed by atoms with Crippen LogP contribution in [-0.4, -0.2) is 55.7 Å². The van der Waals surface area contributed by atoms with Gasteiger partial charge < -0.3 is 15.8 Å². The molecule has 1 amide bonds. The lowest BCUT2D eigenvalue weighted by Gasteiger charge is -2.41. The van der Waals surface area contributed by atoms with Crippen LogP contribution in [0.3, 0.4) is 0 Å². The van der Waals surface area contributed by atoms with Crippen LogP contribution in [0.4, 0.5) is 0 Å². The van der Waals surface area contributed by atoms with Gasteiger partial charge in [0.05, 0.1) is 6.61 Å². The Labute approximate surface area is 89.9 Å². The molecule has 2 aliphatic rings. The molecule has 2 unspecified atom stereocenters. The summed E-state index contributed by atoms with van der Waals surface area (Å²) < 4.78 is 5.45. The summed E-state index contributed by atoms with van der Waals surface area (Å²) in [5, 5.41) is 3.20. The van der Waals surface area contributed by atoms with E-state index < -0.39 is 0 Å². The van der Waals surface area contributed by atoms with E-state index in [9.17, 15) is 4.79 Å². The molecule has 0 aliphatic carbocycles. The van der Waals surface area contributed by atoms with Crippen LogP contribution in [0.25, 0.3) is 0 Å². The minimum Gasteiger partial charge on any atom is -0.380 e. The molecule has 2 atom stereocenters. The first-order chi connectivity index (χ1) is 7.29. The van der Waals surface area contributed by atoms with Crippen LogP contribution >= 0.6 is 0 Å². The number of rotatable bonds is 2. The Bertz CT molecular complexity index is 229. The van der Waals surface area contributed by atoms with Gasteiger partial charge in [-0.05, 0) is 12.8 Å². The van der Waals surface area contributed by atoms with Gasteiger partial charge in [0.25, 0.3) is 0 Å². The zero-order chi connectivity index (χ0) is 10.7. The second kappa shape index (κ2) is 4.92. The SMILES string of the molecule is NC(=O)C1CNCCN1C1CCCOC1. The topological polar surface area (TPSA) is 67.6 Å². The average molecular weight is 213 g/mol. The van der Waals surface area contributed by atoms with Gasteiger partial charge in [0, 0.05) is 32.3 Å². The number of nitrogens with two attached hydrogens (primary N) is 1. The molecule has 2 saturated heterocycles. The van der Waals surface area contributed by atoms with Crippen molar-refractivity contribution in [2.75, 3.05) is 32.8 Å². The summed E-state index contributed by atoms with van der Waals surface area (Å²) in [6.45, 7) is 4.08. The average Bonchev–Trinajstić information content (AvgIpc) is 2.30. The third kappa shape index (κ3) is 2.48. The second-order valence-corrected chi connectivity index (χ2v) is 4.23. The van der Waals surface area contributed by atoms with Crippen molar-refractivity contribution in [1.82, 2.24) is 10.2 Å². The minimum absolute atomic E-state index is 0.162. The number of nitrogens with zero attached hydrogens (tertiary/aromatic N) is 1. The highest BCUT2D eigenvalue weighted by atomic mass is 16.5. The standard InChI is InChI=1S/C10H19N3O2/c11-10(14)9-6-12-3-4-13(9)8-2-1-5-15-7-8/h8-9,12H,1-7H2,(H2,11,14). The molecule has 2 aliphatic heterocycles. The molecule has 15 heavy (non-hydrogen) atoms. The summed E-state index contributed by atoms with van der Waals surface area (Å²) in [5.41, 5.74) is 5.40. The molecular weight excluding hydrogens is 194 g/mol. The maximum atomic E-state index is 11.3. The molecule has 0 radical (unpaired) electrons.